The lowest BCUT2D eigenvalue weighted by Gasteiger charge is -2.27. The molecular weight excluding hydrogens is 520 g/mol. The molecule has 3 aromatic carbocycles. The Morgan fingerprint density at radius 3 is 2.20 bits per heavy atom. The SMILES string of the molecule is COc1ccc(C2C(C(=O)O)C(c3ccc4c(c3)OCO4)CN2CC(=O)Nc2c(C(C)C)cccc2C(C)C)cc1. The number of carboxylic acid groups (broad SMARTS) is 1. The van der Waals surface area contributed by atoms with E-state index in [1.54, 1.807) is 7.11 Å². The molecule has 3 aromatic rings. The lowest BCUT2D eigenvalue weighted by atomic mass is 9.82. The lowest BCUT2D eigenvalue weighted by Crippen LogP contribution is -2.35. The molecule has 5 rings (SSSR count). The number of ether oxygens (including phenoxy) is 3. The number of benzene rings is 3. The monoisotopic (exact) mass is 558 g/mol. The maximum absolute atomic E-state index is 13.7. The number of nitrogens with one attached hydrogen (secondary N) is 1. The van der Waals surface area contributed by atoms with Crippen molar-refractivity contribution in [2.24, 2.45) is 5.92 Å². The third kappa shape index (κ3) is 5.75. The van der Waals surface area contributed by atoms with E-state index in [-0.39, 0.29) is 37.0 Å². The molecule has 1 saturated heterocycles. The number of hydrogen-bond acceptors (Lipinski definition) is 6. The Morgan fingerprint density at radius 1 is 0.951 bits per heavy atom. The van der Waals surface area contributed by atoms with Gasteiger partial charge in [-0.2, -0.15) is 0 Å². The van der Waals surface area contributed by atoms with Gasteiger partial charge >= 0.3 is 5.97 Å². The predicted octanol–water partition coefficient (Wildman–Crippen LogP) is 6.15. The number of likely N-dealkylation sites (tertiary alicyclic amines) is 1. The highest BCUT2D eigenvalue weighted by atomic mass is 16.7. The summed E-state index contributed by atoms with van der Waals surface area (Å²) in [5, 5.41) is 13.8. The second kappa shape index (κ2) is 11.8. The molecule has 0 aliphatic carbocycles. The molecule has 2 aliphatic heterocycles. The van der Waals surface area contributed by atoms with Crippen molar-refractivity contribution < 1.29 is 28.9 Å². The molecule has 3 atom stereocenters. The van der Waals surface area contributed by atoms with Crippen molar-refractivity contribution in [3.8, 4) is 17.2 Å². The van der Waals surface area contributed by atoms with Crippen LogP contribution < -0.4 is 19.5 Å². The fraction of sp³-hybridized carbons (Fsp3) is 0.394. The lowest BCUT2D eigenvalue weighted by molar-refractivity contribution is -0.143. The standard InChI is InChI=1S/C33H38N2O6/c1-19(2)24-7-6-8-25(20(3)4)31(24)34-29(36)17-35-16-26(22-11-14-27-28(15-22)41-18-40-27)30(33(37)38)32(35)21-9-12-23(39-5)13-10-21/h6-15,19-20,26,30,32H,16-18H2,1-5H3,(H,34,36)(H,37,38). The number of nitrogens with zero attached hydrogens (tertiary/aromatic N) is 1. The molecule has 2 aliphatic rings. The predicted molar refractivity (Wildman–Crippen MR) is 157 cm³/mol. The maximum Gasteiger partial charge on any atom is 0.309 e. The van der Waals surface area contributed by atoms with Crippen molar-refractivity contribution in [1.82, 2.24) is 4.90 Å². The molecule has 1 fully saturated rings. The van der Waals surface area contributed by atoms with Gasteiger partial charge in [0.25, 0.3) is 0 Å². The summed E-state index contributed by atoms with van der Waals surface area (Å²) in [6, 6.07) is 18.6. The maximum atomic E-state index is 13.7. The molecule has 0 spiro atoms. The van der Waals surface area contributed by atoms with Crippen LogP contribution in [-0.2, 0) is 9.59 Å². The van der Waals surface area contributed by atoms with Crippen LogP contribution in [0, 0.1) is 5.92 Å². The topological polar surface area (TPSA) is 97.3 Å². The Labute approximate surface area is 241 Å². The van der Waals surface area contributed by atoms with E-state index in [4.69, 9.17) is 14.2 Å². The van der Waals surface area contributed by atoms with E-state index in [1.165, 1.54) is 0 Å². The van der Waals surface area contributed by atoms with Gasteiger partial charge in [-0.15, -0.1) is 0 Å². The fourth-order valence-electron chi connectivity index (χ4n) is 6.13. The van der Waals surface area contributed by atoms with Crippen LogP contribution in [0.5, 0.6) is 17.2 Å². The fourth-order valence-corrected chi connectivity index (χ4v) is 6.13. The van der Waals surface area contributed by atoms with Gasteiger partial charge in [-0.25, -0.2) is 0 Å². The molecule has 2 N–H and O–H groups in total. The first-order chi connectivity index (χ1) is 19.7. The third-order valence-corrected chi connectivity index (χ3v) is 8.15. The van der Waals surface area contributed by atoms with E-state index >= 15 is 0 Å². The van der Waals surface area contributed by atoms with Gasteiger partial charge in [0.15, 0.2) is 11.5 Å². The normalized spacial score (nSPS) is 20.0. The Morgan fingerprint density at radius 2 is 1.59 bits per heavy atom. The minimum atomic E-state index is -0.913. The van der Waals surface area contributed by atoms with E-state index in [2.05, 4.69) is 45.1 Å². The highest BCUT2D eigenvalue weighted by Crippen LogP contribution is 2.48. The van der Waals surface area contributed by atoms with Crippen molar-refractivity contribution in [3.63, 3.8) is 0 Å². The molecule has 41 heavy (non-hydrogen) atoms. The molecule has 3 unspecified atom stereocenters. The largest absolute Gasteiger partial charge is 0.497 e. The van der Waals surface area contributed by atoms with Crippen LogP contribution in [0.4, 0.5) is 5.69 Å². The van der Waals surface area contributed by atoms with Crippen LogP contribution in [0.3, 0.4) is 0 Å². The molecule has 1 amide bonds. The van der Waals surface area contributed by atoms with Crippen molar-refractivity contribution >= 4 is 17.6 Å². The summed E-state index contributed by atoms with van der Waals surface area (Å²) in [6.45, 7) is 9.04. The summed E-state index contributed by atoms with van der Waals surface area (Å²) >= 11 is 0. The summed E-state index contributed by atoms with van der Waals surface area (Å²) in [5.74, 6) is 0.159. The number of methoxy groups -OCH3 is 1. The minimum Gasteiger partial charge on any atom is -0.497 e. The minimum absolute atomic E-state index is 0.0471. The number of anilines is 1. The van der Waals surface area contributed by atoms with Crippen LogP contribution in [0.1, 0.15) is 73.7 Å². The Balaban J connectivity index is 1.50. The highest BCUT2D eigenvalue weighted by Gasteiger charge is 2.48. The average molecular weight is 559 g/mol. The summed E-state index contributed by atoms with van der Waals surface area (Å²) in [5.41, 5.74) is 4.68. The van der Waals surface area contributed by atoms with E-state index in [0.717, 1.165) is 27.9 Å². The van der Waals surface area contributed by atoms with Gasteiger partial charge < -0.3 is 24.6 Å². The highest BCUT2D eigenvalue weighted by molar-refractivity contribution is 5.94. The van der Waals surface area contributed by atoms with Crippen molar-refractivity contribution in [2.45, 2.75) is 51.5 Å². The molecule has 8 nitrogen and oxygen atoms in total. The van der Waals surface area contributed by atoms with Crippen molar-refractivity contribution in [3.05, 3.63) is 82.9 Å². The van der Waals surface area contributed by atoms with Crippen LogP contribution in [0.25, 0.3) is 0 Å². The number of aliphatic carboxylic acids is 1. The van der Waals surface area contributed by atoms with Crippen molar-refractivity contribution in [1.29, 1.82) is 0 Å². The molecular formula is C33H38N2O6. The van der Waals surface area contributed by atoms with Gasteiger partial charge in [0.2, 0.25) is 12.7 Å². The first-order valence-electron chi connectivity index (χ1n) is 14.1. The Kier molecular flexibility index (Phi) is 8.22. The first-order valence-corrected chi connectivity index (χ1v) is 14.1. The molecule has 0 radical (unpaired) electrons. The summed E-state index contributed by atoms with van der Waals surface area (Å²) in [4.78, 5) is 28.6. The van der Waals surface area contributed by atoms with Gasteiger partial charge in [0, 0.05) is 24.2 Å². The number of carboxylic acids is 1. The average Bonchev–Trinajstić information content (AvgIpc) is 3.57. The number of amides is 1. The van der Waals surface area contributed by atoms with E-state index in [0.29, 0.717) is 23.8 Å². The van der Waals surface area contributed by atoms with Gasteiger partial charge in [0.1, 0.15) is 5.75 Å². The molecule has 0 bridgehead atoms. The van der Waals surface area contributed by atoms with E-state index in [1.807, 2.05) is 53.4 Å². The Bertz CT molecular complexity index is 1390. The second-order valence-corrected chi connectivity index (χ2v) is 11.4. The second-order valence-electron chi connectivity index (χ2n) is 11.4. The quantitative estimate of drug-likeness (QED) is 0.325. The van der Waals surface area contributed by atoms with Gasteiger partial charge in [-0.05, 0) is 58.4 Å². The summed E-state index contributed by atoms with van der Waals surface area (Å²) < 4.78 is 16.4. The zero-order valence-electron chi connectivity index (χ0n) is 24.2. The van der Waals surface area contributed by atoms with Crippen LogP contribution in [0.2, 0.25) is 0 Å². The van der Waals surface area contributed by atoms with Gasteiger partial charge in [-0.3, -0.25) is 14.5 Å². The zero-order valence-corrected chi connectivity index (χ0v) is 24.2. The third-order valence-electron chi connectivity index (χ3n) is 8.15. The molecule has 0 aromatic heterocycles. The zero-order chi connectivity index (χ0) is 29.3. The number of hydrogen-bond donors (Lipinski definition) is 2. The van der Waals surface area contributed by atoms with Crippen LogP contribution >= 0.6 is 0 Å². The summed E-state index contributed by atoms with van der Waals surface area (Å²) in [6.07, 6.45) is 0. The molecule has 0 saturated carbocycles. The van der Waals surface area contributed by atoms with Crippen LogP contribution in [-0.4, -0.2) is 48.9 Å². The van der Waals surface area contributed by atoms with E-state index < -0.39 is 17.9 Å². The number of rotatable bonds is 9. The summed E-state index contributed by atoms with van der Waals surface area (Å²) in [7, 11) is 1.59. The number of para-hydroxylation sites is 1. The molecule has 216 valence electrons. The van der Waals surface area contributed by atoms with Crippen molar-refractivity contribution in [2.75, 3.05) is 32.3 Å². The molecule has 2 heterocycles. The van der Waals surface area contributed by atoms with E-state index in [9.17, 15) is 14.7 Å². The number of fused-ring (bicyclic) bond motifs is 1. The van der Waals surface area contributed by atoms with Crippen LogP contribution in [0.15, 0.2) is 60.7 Å². The number of carbonyl (C=O) groups excluding carboxylic acids is 1. The smallest absolute Gasteiger partial charge is 0.309 e. The first kappa shape index (κ1) is 28.5. The molecule has 8 heteroatoms. The van der Waals surface area contributed by atoms with Gasteiger partial charge in [0.05, 0.1) is 19.6 Å². The van der Waals surface area contributed by atoms with Gasteiger partial charge in [-0.1, -0.05) is 64.1 Å². The Hall–Kier alpha value is -4.04. The number of carbonyl (C=O) groups is 2.